The van der Waals surface area contributed by atoms with E-state index in [2.05, 4.69) is 10.4 Å². The number of carboxylic acid groups (broad SMARTS) is 1. The molecule has 0 radical (unpaired) electrons. The quantitative estimate of drug-likeness (QED) is 0.808. The fourth-order valence-electron chi connectivity index (χ4n) is 2.82. The maximum atomic E-state index is 12.0. The highest BCUT2D eigenvalue weighted by Gasteiger charge is 2.30. The van der Waals surface area contributed by atoms with Crippen molar-refractivity contribution in [1.82, 2.24) is 15.1 Å². The van der Waals surface area contributed by atoms with Crippen LogP contribution in [0.2, 0.25) is 0 Å². The van der Waals surface area contributed by atoms with Crippen LogP contribution in [0.4, 0.5) is 0 Å². The smallest absolute Gasteiger partial charge is 0.308 e. The van der Waals surface area contributed by atoms with Crippen molar-refractivity contribution in [2.45, 2.75) is 33.2 Å². The fourth-order valence-corrected chi connectivity index (χ4v) is 2.82. The average molecular weight is 309 g/mol. The standard InChI is InChI=1S/C15H23N3O4/c1-10-7-11(2)18(17-10)9-14(19)16-8-13(15(20)21)12-3-5-22-6-4-12/h7,12-13H,3-6,8-9H2,1-2H3,(H,16,19)(H,20,21). The first-order valence-corrected chi connectivity index (χ1v) is 7.55. The molecule has 22 heavy (non-hydrogen) atoms. The molecule has 1 amide bonds. The maximum Gasteiger partial charge on any atom is 0.308 e. The average Bonchev–Trinajstić information content (AvgIpc) is 2.77. The van der Waals surface area contributed by atoms with Gasteiger partial charge in [0.15, 0.2) is 0 Å². The minimum Gasteiger partial charge on any atom is -0.481 e. The van der Waals surface area contributed by atoms with Crippen LogP contribution in [0.5, 0.6) is 0 Å². The van der Waals surface area contributed by atoms with Crippen molar-refractivity contribution in [3.8, 4) is 0 Å². The fraction of sp³-hybridized carbons (Fsp3) is 0.667. The van der Waals surface area contributed by atoms with Crippen LogP contribution in [0, 0.1) is 25.7 Å². The summed E-state index contributed by atoms with van der Waals surface area (Å²) >= 11 is 0. The highest BCUT2D eigenvalue weighted by Crippen LogP contribution is 2.23. The van der Waals surface area contributed by atoms with Crippen LogP contribution in [-0.4, -0.2) is 46.5 Å². The van der Waals surface area contributed by atoms with Gasteiger partial charge in [-0.1, -0.05) is 0 Å². The summed E-state index contributed by atoms with van der Waals surface area (Å²) in [6.45, 7) is 5.20. The summed E-state index contributed by atoms with van der Waals surface area (Å²) in [5.41, 5.74) is 1.77. The minimum absolute atomic E-state index is 0.0558. The number of rotatable bonds is 6. The predicted octanol–water partition coefficient (Wildman–Crippen LogP) is 0.744. The molecule has 1 aliphatic heterocycles. The first kappa shape index (κ1) is 16.5. The minimum atomic E-state index is -0.863. The van der Waals surface area contributed by atoms with E-state index >= 15 is 0 Å². The van der Waals surface area contributed by atoms with Gasteiger partial charge < -0.3 is 15.2 Å². The molecule has 2 N–H and O–H groups in total. The van der Waals surface area contributed by atoms with Crippen LogP contribution in [0.1, 0.15) is 24.2 Å². The summed E-state index contributed by atoms with van der Waals surface area (Å²) < 4.78 is 6.88. The summed E-state index contributed by atoms with van der Waals surface area (Å²) in [5.74, 6) is -1.59. The van der Waals surface area contributed by atoms with Gasteiger partial charge in [-0.2, -0.15) is 5.10 Å². The van der Waals surface area contributed by atoms with E-state index in [1.807, 2.05) is 19.9 Å². The van der Waals surface area contributed by atoms with Gasteiger partial charge in [-0.15, -0.1) is 0 Å². The Hall–Kier alpha value is -1.89. The lowest BCUT2D eigenvalue weighted by atomic mass is 9.86. The first-order valence-electron chi connectivity index (χ1n) is 7.55. The molecule has 1 saturated heterocycles. The number of nitrogens with one attached hydrogen (secondary N) is 1. The Balaban J connectivity index is 1.87. The zero-order valence-electron chi connectivity index (χ0n) is 13.0. The Morgan fingerprint density at radius 1 is 1.45 bits per heavy atom. The first-order chi connectivity index (χ1) is 10.5. The van der Waals surface area contributed by atoms with Crippen molar-refractivity contribution >= 4 is 11.9 Å². The lowest BCUT2D eigenvalue weighted by Crippen LogP contribution is -2.40. The van der Waals surface area contributed by atoms with Crippen molar-refractivity contribution in [3.05, 3.63) is 17.5 Å². The molecule has 1 atom stereocenters. The number of aromatic nitrogens is 2. The van der Waals surface area contributed by atoms with Gasteiger partial charge in [-0.3, -0.25) is 14.3 Å². The van der Waals surface area contributed by atoms with Gasteiger partial charge in [-0.25, -0.2) is 0 Å². The number of amides is 1. The van der Waals surface area contributed by atoms with E-state index in [4.69, 9.17) is 4.74 Å². The molecule has 0 bridgehead atoms. The van der Waals surface area contributed by atoms with Crippen LogP contribution in [0.15, 0.2) is 6.07 Å². The SMILES string of the molecule is Cc1cc(C)n(CC(=O)NCC(C(=O)O)C2CCOCC2)n1. The summed E-state index contributed by atoms with van der Waals surface area (Å²) in [6, 6.07) is 1.90. The molecule has 1 aromatic rings. The molecule has 2 heterocycles. The second kappa shape index (κ2) is 7.40. The molecule has 1 fully saturated rings. The van der Waals surface area contributed by atoms with Gasteiger partial charge in [0.1, 0.15) is 6.54 Å². The van der Waals surface area contributed by atoms with Crippen LogP contribution in [0.3, 0.4) is 0 Å². The molecular weight excluding hydrogens is 286 g/mol. The number of aryl methyl sites for hydroxylation is 2. The van der Waals surface area contributed by atoms with Gasteiger partial charge in [0.2, 0.25) is 5.91 Å². The van der Waals surface area contributed by atoms with E-state index in [0.717, 1.165) is 24.2 Å². The molecule has 0 aromatic carbocycles. The van der Waals surface area contributed by atoms with Crippen molar-refractivity contribution in [2.75, 3.05) is 19.8 Å². The van der Waals surface area contributed by atoms with E-state index < -0.39 is 11.9 Å². The topological polar surface area (TPSA) is 93.5 Å². The largest absolute Gasteiger partial charge is 0.481 e. The number of carbonyl (C=O) groups excluding carboxylic acids is 1. The maximum absolute atomic E-state index is 12.0. The lowest BCUT2D eigenvalue weighted by Gasteiger charge is -2.27. The number of carboxylic acids is 1. The molecule has 0 spiro atoms. The number of carbonyl (C=O) groups is 2. The highest BCUT2D eigenvalue weighted by atomic mass is 16.5. The third-order valence-electron chi connectivity index (χ3n) is 4.07. The Kier molecular flexibility index (Phi) is 5.54. The van der Waals surface area contributed by atoms with E-state index in [9.17, 15) is 14.7 Å². The molecule has 7 nitrogen and oxygen atoms in total. The third-order valence-corrected chi connectivity index (χ3v) is 4.07. The zero-order valence-corrected chi connectivity index (χ0v) is 13.0. The highest BCUT2D eigenvalue weighted by molar-refractivity contribution is 5.77. The Morgan fingerprint density at radius 3 is 2.68 bits per heavy atom. The summed E-state index contributed by atoms with van der Waals surface area (Å²) in [7, 11) is 0. The Labute approximate surface area is 129 Å². The molecule has 2 rings (SSSR count). The monoisotopic (exact) mass is 309 g/mol. The van der Waals surface area contributed by atoms with Gasteiger partial charge in [0.05, 0.1) is 11.6 Å². The van der Waals surface area contributed by atoms with Crippen LogP contribution >= 0.6 is 0 Å². The summed E-state index contributed by atoms with van der Waals surface area (Å²) in [6.07, 6.45) is 1.45. The second-order valence-corrected chi connectivity index (χ2v) is 5.78. The molecule has 122 valence electrons. The van der Waals surface area contributed by atoms with Gasteiger partial charge in [-0.05, 0) is 38.7 Å². The second-order valence-electron chi connectivity index (χ2n) is 5.78. The molecule has 1 aliphatic rings. The number of nitrogens with zero attached hydrogens (tertiary/aromatic N) is 2. The summed E-state index contributed by atoms with van der Waals surface area (Å²) in [4.78, 5) is 23.4. The van der Waals surface area contributed by atoms with Gasteiger partial charge in [0, 0.05) is 25.5 Å². The lowest BCUT2D eigenvalue weighted by molar-refractivity contribution is -0.145. The van der Waals surface area contributed by atoms with Crippen LogP contribution in [0.25, 0.3) is 0 Å². The third kappa shape index (κ3) is 4.30. The number of ether oxygens (including phenoxy) is 1. The van der Waals surface area contributed by atoms with Gasteiger partial charge in [0.25, 0.3) is 0 Å². The van der Waals surface area contributed by atoms with Crippen molar-refractivity contribution in [1.29, 1.82) is 0 Å². The van der Waals surface area contributed by atoms with Crippen molar-refractivity contribution in [3.63, 3.8) is 0 Å². The normalized spacial score (nSPS) is 17.2. The number of hydrogen-bond acceptors (Lipinski definition) is 4. The number of hydrogen-bond donors (Lipinski definition) is 2. The molecule has 1 unspecified atom stereocenters. The zero-order chi connectivity index (χ0) is 16.1. The van der Waals surface area contributed by atoms with E-state index in [-0.39, 0.29) is 24.9 Å². The molecule has 7 heteroatoms. The van der Waals surface area contributed by atoms with Gasteiger partial charge >= 0.3 is 5.97 Å². The van der Waals surface area contributed by atoms with E-state index in [1.54, 1.807) is 4.68 Å². The molecule has 0 aliphatic carbocycles. The molecular formula is C15H23N3O4. The van der Waals surface area contributed by atoms with Crippen molar-refractivity contribution < 1.29 is 19.4 Å². The van der Waals surface area contributed by atoms with E-state index in [0.29, 0.717) is 13.2 Å². The molecule has 0 saturated carbocycles. The van der Waals surface area contributed by atoms with Crippen molar-refractivity contribution in [2.24, 2.45) is 11.8 Å². The Bertz CT molecular complexity index is 535. The van der Waals surface area contributed by atoms with Crippen LogP contribution < -0.4 is 5.32 Å². The van der Waals surface area contributed by atoms with Crippen LogP contribution in [-0.2, 0) is 20.9 Å². The Morgan fingerprint density at radius 2 is 2.14 bits per heavy atom. The predicted molar refractivity (Wildman–Crippen MR) is 79.4 cm³/mol. The molecule has 1 aromatic heterocycles. The number of aliphatic carboxylic acids is 1. The van der Waals surface area contributed by atoms with E-state index in [1.165, 1.54) is 0 Å². The summed E-state index contributed by atoms with van der Waals surface area (Å²) in [5, 5.41) is 16.3.